The zero-order valence-electron chi connectivity index (χ0n) is 14.8. The van der Waals surface area contributed by atoms with Crippen LogP contribution in [0.5, 0.6) is 0 Å². The summed E-state index contributed by atoms with van der Waals surface area (Å²) in [6.45, 7) is 5.65. The lowest BCUT2D eigenvalue weighted by atomic mass is 10.0. The summed E-state index contributed by atoms with van der Waals surface area (Å²) in [6.07, 6.45) is 5.60. The van der Waals surface area contributed by atoms with Crippen LogP contribution in [-0.4, -0.2) is 33.9 Å². The molecule has 1 aromatic carbocycles. The van der Waals surface area contributed by atoms with Gasteiger partial charge in [0.1, 0.15) is 0 Å². The van der Waals surface area contributed by atoms with Crippen molar-refractivity contribution >= 4 is 16.8 Å². The SMILES string of the molecule is CCCCN(CC)C(=O)c1cc(-c2cccnc2)nc2ccccc12. The number of unbranched alkanes of at least 4 members (excludes halogenated alkanes) is 1. The average molecular weight is 333 g/mol. The zero-order chi connectivity index (χ0) is 17.6. The number of carbonyl (C=O) groups excluding carboxylic acids is 1. The number of carbonyl (C=O) groups is 1. The summed E-state index contributed by atoms with van der Waals surface area (Å²) in [4.78, 5) is 24.0. The number of aromatic nitrogens is 2. The van der Waals surface area contributed by atoms with Crippen molar-refractivity contribution in [2.24, 2.45) is 0 Å². The molecule has 0 atom stereocenters. The molecule has 0 saturated heterocycles. The Hall–Kier alpha value is -2.75. The first-order chi connectivity index (χ1) is 12.2. The van der Waals surface area contributed by atoms with Crippen LogP contribution < -0.4 is 0 Å². The van der Waals surface area contributed by atoms with Gasteiger partial charge in [0.2, 0.25) is 0 Å². The van der Waals surface area contributed by atoms with E-state index in [1.807, 2.05) is 54.3 Å². The molecule has 0 spiro atoms. The maximum absolute atomic E-state index is 13.2. The molecule has 0 fully saturated rings. The van der Waals surface area contributed by atoms with Gasteiger partial charge in [-0.25, -0.2) is 4.98 Å². The van der Waals surface area contributed by atoms with Gasteiger partial charge in [-0.15, -0.1) is 0 Å². The summed E-state index contributed by atoms with van der Waals surface area (Å²) in [5.74, 6) is 0.0692. The van der Waals surface area contributed by atoms with E-state index in [0.717, 1.165) is 41.5 Å². The lowest BCUT2D eigenvalue weighted by molar-refractivity contribution is 0.0764. The maximum Gasteiger partial charge on any atom is 0.254 e. The first-order valence-electron chi connectivity index (χ1n) is 8.84. The summed E-state index contributed by atoms with van der Waals surface area (Å²) in [7, 11) is 0. The molecular formula is C21H23N3O. The van der Waals surface area contributed by atoms with Crippen molar-refractivity contribution in [3.8, 4) is 11.3 Å². The molecule has 128 valence electrons. The molecule has 3 rings (SSSR count). The van der Waals surface area contributed by atoms with Crippen LogP contribution in [0.2, 0.25) is 0 Å². The highest BCUT2D eigenvalue weighted by Gasteiger charge is 2.18. The van der Waals surface area contributed by atoms with Gasteiger partial charge >= 0.3 is 0 Å². The minimum absolute atomic E-state index is 0.0692. The van der Waals surface area contributed by atoms with Crippen LogP contribution >= 0.6 is 0 Å². The van der Waals surface area contributed by atoms with E-state index in [1.165, 1.54) is 0 Å². The van der Waals surface area contributed by atoms with E-state index in [9.17, 15) is 4.79 Å². The van der Waals surface area contributed by atoms with Crippen LogP contribution in [0.1, 0.15) is 37.0 Å². The third-order valence-electron chi connectivity index (χ3n) is 4.35. The largest absolute Gasteiger partial charge is 0.339 e. The molecule has 0 aliphatic carbocycles. The van der Waals surface area contributed by atoms with Gasteiger partial charge < -0.3 is 4.90 Å². The van der Waals surface area contributed by atoms with Crippen molar-refractivity contribution < 1.29 is 4.79 Å². The minimum Gasteiger partial charge on any atom is -0.339 e. The number of hydrogen-bond donors (Lipinski definition) is 0. The van der Waals surface area contributed by atoms with E-state index in [1.54, 1.807) is 12.4 Å². The van der Waals surface area contributed by atoms with Crippen LogP contribution in [0.25, 0.3) is 22.2 Å². The molecule has 0 aliphatic rings. The molecule has 4 nitrogen and oxygen atoms in total. The highest BCUT2D eigenvalue weighted by atomic mass is 16.2. The molecule has 3 aromatic rings. The number of para-hydroxylation sites is 1. The predicted octanol–water partition coefficient (Wildman–Crippen LogP) is 4.56. The molecule has 2 heterocycles. The normalized spacial score (nSPS) is 10.8. The van der Waals surface area contributed by atoms with E-state index in [-0.39, 0.29) is 5.91 Å². The Kier molecular flexibility index (Phi) is 5.39. The second-order valence-electron chi connectivity index (χ2n) is 6.05. The third-order valence-corrected chi connectivity index (χ3v) is 4.35. The molecule has 0 radical (unpaired) electrons. The third kappa shape index (κ3) is 3.68. The Morgan fingerprint density at radius 2 is 1.96 bits per heavy atom. The van der Waals surface area contributed by atoms with Crippen molar-refractivity contribution in [1.29, 1.82) is 0 Å². The number of pyridine rings is 2. The fourth-order valence-corrected chi connectivity index (χ4v) is 2.94. The van der Waals surface area contributed by atoms with Gasteiger partial charge in [-0.2, -0.15) is 0 Å². The fourth-order valence-electron chi connectivity index (χ4n) is 2.94. The maximum atomic E-state index is 13.2. The Bertz CT molecular complexity index is 861. The lowest BCUT2D eigenvalue weighted by Crippen LogP contribution is -2.32. The van der Waals surface area contributed by atoms with Gasteiger partial charge in [-0.1, -0.05) is 31.5 Å². The number of rotatable bonds is 6. The highest BCUT2D eigenvalue weighted by molar-refractivity contribution is 6.07. The van der Waals surface area contributed by atoms with E-state index >= 15 is 0 Å². The first-order valence-corrected chi connectivity index (χ1v) is 8.84. The summed E-state index contributed by atoms with van der Waals surface area (Å²) in [6, 6.07) is 13.6. The molecule has 25 heavy (non-hydrogen) atoms. The van der Waals surface area contributed by atoms with Gasteiger partial charge in [0, 0.05) is 36.4 Å². The Morgan fingerprint density at radius 3 is 2.68 bits per heavy atom. The summed E-state index contributed by atoms with van der Waals surface area (Å²) < 4.78 is 0. The molecule has 4 heteroatoms. The lowest BCUT2D eigenvalue weighted by Gasteiger charge is -2.22. The summed E-state index contributed by atoms with van der Waals surface area (Å²) in [5, 5.41) is 0.898. The molecular weight excluding hydrogens is 310 g/mol. The summed E-state index contributed by atoms with van der Waals surface area (Å²) in [5.41, 5.74) is 3.24. The fraction of sp³-hybridized carbons (Fsp3) is 0.286. The van der Waals surface area contributed by atoms with E-state index < -0.39 is 0 Å². The predicted molar refractivity (Wildman–Crippen MR) is 101 cm³/mol. The monoisotopic (exact) mass is 333 g/mol. The Morgan fingerprint density at radius 1 is 1.12 bits per heavy atom. The second kappa shape index (κ2) is 7.88. The van der Waals surface area contributed by atoms with Crippen molar-refractivity contribution in [3.05, 3.63) is 60.4 Å². The second-order valence-corrected chi connectivity index (χ2v) is 6.05. The molecule has 0 N–H and O–H groups in total. The van der Waals surface area contributed by atoms with Gasteiger partial charge in [0.25, 0.3) is 5.91 Å². The zero-order valence-corrected chi connectivity index (χ0v) is 14.8. The van der Waals surface area contributed by atoms with E-state index in [4.69, 9.17) is 4.98 Å². The van der Waals surface area contributed by atoms with Crippen molar-refractivity contribution in [1.82, 2.24) is 14.9 Å². The standard InChI is InChI=1S/C21H23N3O/c1-3-5-13-24(4-2)21(25)18-14-20(16-9-8-12-22-15-16)23-19-11-7-6-10-17(18)19/h6-12,14-15H,3-5,13H2,1-2H3. The van der Waals surface area contributed by atoms with E-state index in [0.29, 0.717) is 12.1 Å². The van der Waals surface area contributed by atoms with Gasteiger partial charge in [0.15, 0.2) is 0 Å². The van der Waals surface area contributed by atoms with Crippen molar-refractivity contribution in [2.45, 2.75) is 26.7 Å². The van der Waals surface area contributed by atoms with Crippen LogP contribution in [0.15, 0.2) is 54.9 Å². The van der Waals surface area contributed by atoms with Crippen molar-refractivity contribution in [2.75, 3.05) is 13.1 Å². The van der Waals surface area contributed by atoms with Crippen LogP contribution in [-0.2, 0) is 0 Å². The Balaban J connectivity index is 2.11. The van der Waals surface area contributed by atoms with Crippen LogP contribution in [0.4, 0.5) is 0 Å². The molecule has 0 unspecified atom stereocenters. The quantitative estimate of drug-likeness (QED) is 0.664. The molecule has 0 saturated carbocycles. The molecule has 0 bridgehead atoms. The molecule has 0 aliphatic heterocycles. The number of nitrogens with zero attached hydrogens (tertiary/aromatic N) is 3. The van der Waals surface area contributed by atoms with Gasteiger partial charge in [-0.3, -0.25) is 9.78 Å². The number of fused-ring (bicyclic) bond motifs is 1. The molecule has 1 amide bonds. The topological polar surface area (TPSA) is 46.1 Å². The van der Waals surface area contributed by atoms with Crippen LogP contribution in [0, 0.1) is 0 Å². The first kappa shape index (κ1) is 17.1. The van der Waals surface area contributed by atoms with Gasteiger partial charge in [-0.05, 0) is 37.6 Å². The highest BCUT2D eigenvalue weighted by Crippen LogP contribution is 2.25. The number of hydrogen-bond acceptors (Lipinski definition) is 3. The van der Waals surface area contributed by atoms with E-state index in [2.05, 4.69) is 11.9 Å². The average Bonchev–Trinajstić information content (AvgIpc) is 2.68. The van der Waals surface area contributed by atoms with Gasteiger partial charge in [0.05, 0.1) is 16.8 Å². The van der Waals surface area contributed by atoms with Crippen molar-refractivity contribution in [3.63, 3.8) is 0 Å². The number of benzene rings is 1. The number of amides is 1. The molecule has 2 aromatic heterocycles. The smallest absolute Gasteiger partial charge is 0.254 e. The van der Waals surface area contributed by atoms with Crippen LogP contribution in [0.3, 0.4) is 0 Å². The Labute approximate surface area is 148 Å². The minimum atomic E-state index is 0.0692. The summed E-state index contributed by atoms with van der Waals surface area (Å²) >= 11 is 0.